The van der Waals surface area contributed by atoms with Crippen LogP contribution in [0.25, 0.3) is 10.2 Å². The van der Waals surface area contributed by atoms with Gasteiger partial charge in [0.25, 0.3) is 0 Å². The summed E-state index contributed by atoms with van der Waals surface area (Å²) in [5.41, 5.74) is 3.26. The number of hydrogen-bond donors (Lipinski definition) is 0. The van der Waals surface area contributed by atoms with Gasteiger partial charge < -0.3 is 14.0 Å². The summed E-state index contributed by atoms with van der Waals surface area (Å²) in [6.45, 7) is 2.28. The van der Waals surface area contributed by atoms with E-state index in [0.717, 1.165) is 34.0 Å². The molecule has 0 atom stereocenters. The third-order valence-electron chi connectivity index (χ3n) is 3.92. The van der Waals surface area contributed by atoms with Crippen LogP contribution in [0.3, 0.4) is 0 Å². The fourth-order valence-electron chi connectivity index (χ4n) is 2.69. The fraction of sp³-hybridized carbons (Fsp3) is 0.222. The minimum absolute atomic E-state index is 0.295. The first-order valence-corrected chi connectivity index (χ1v) is 8.52. The molecule has 0 saturated carbocycles. The predicted octanol–water partition coefficient (Wildman–Crippen LogP) is 3.49. The lowest BCUT2D eigenvalue weighted by molar-refractivity contribution is 0.174. The van der Waals surface area contributed by atoms with Gasteiger partial charge in [-0.15, -0.1) is 5.10 Å². The van der Waals surface area contributed by atoms with Crippen LogP contribution in [0, 0.1) is 0 Å². The number of benzene rings is 2. The van der Waals surface area contributed by atoms with E-state index in [0.29, 0.717) is 6.79 Å². The maximum Gasteiger partial charge on any atom is 0.231 e. The molecule has 1 aliphatic heterocycles. The van der Waals surface area contributed by atoms with Gasteiger partial charge in [-0.25, -0.2) is 0 Å². The normalized spacial score (nSPS) is 14.6. The standard InChI is InChI=1S/C18H17N3O2S/c1-12(9-13-7-8-15-16(10-13)23-11-22-15)19-20-18-21(2)14-5-3-4-6-17(14)24-18/h3-8,10H,9,11H2,1-2H3/b19-12-,20-18+. The van der Waals surface area contributed by atoms with E-state index >= 15 is 0 Å². The Labute approximate surface area is 143 Å². The van der Waals surface area contributed by atoms with Crippen LogP contribution in [-0.2, 0) is 13.5 Å². The molecule has 6 heteroatoms. The van der Waals surface area contributed by atoms with Crippen LogP contribution in [0.1, 0.15) is 12.5 Å². The van der Waals surface area contributed by atoms with Crippen LogP contribution >= 0.6 is 11.3 Å². The summed E-state index contributed by atoms with van der Waals surface area (Å²) in [5, 5.41) is 8.82. The molecule has 1 aromatic heterocycles. The Morgan fingerprint density at radius 2 is 2.00 bits per heavy atom. The molecule has 1 aliphatic rings. The minimum atomic E-state index is 0.295. The highest BCUT2D eigenvalue weighted by atomic mass is 32.1. The maximum atomic E-state index is 5.41. The van der Waals surface area contributed by atoms with E-state index in [2.05, 4.69) is 26.9 Å². The highest BCUT2D eigenvalue weighted by Crippen LogP contribution is 2.32. The van der Waals surface area contributed by atoms with E-state index in [9.17, 15) is 0 Å². The minimum Gasteiger partial charge on any atom is -0.454 e. The highest BCUT2D eigenvalue weighted by Gasteiger charge is 2.13. The first-order valence-electron chi connectivity index (χ1n) is 7.71. The number of para-hydroxylation sites is 1. The van der Waals surface area contributed by atoms with Crippen molar-refractivity contribution in [3.05, 3.63) is 52.8 Å². The number of nitrogens with zero attached hydrogens (tertiary/aromatic N) is 3. The van der Waals surface area contributed by atoms with Crippen molar-refractivity contribution in [2.75, 3.05) is 6.79 Å². The smallest absolute Gasteiger partial charge is 0.231 e. The van der Waals surface area contributed by atoms with E-state index in [1.165, 1.54) is 10.2 Å². The van der Waals surface area contributed by atoms with Crippen molar-refractivity contribution in [1.82, 2.24) is 4.57 Å². The molecule has 0 saturated heterocycles. The molecule has 3 aromatic rings. The molecular weight excluding hydrogens is 322 g/mol. The molecule has 0 bridgehead atoms. The molecule has 0 spiro atoms. The van der Waals surface area contributed by atoms with Gasteiger partial charge in [-0.2, -0.15) is 5.10 Å². The first-order chi connectivity index (χ1) is 11.7. The Morgan fingerprint density at radius 3 is 2.88 bits per heavy atom. The third kappa shape index (κ3) is 2.80. The summed E-state index contributed by atoms with van der Waals surface area (Å²) < 4.78 is 14.0. The van der Waals surface area contributed by atoms with Gasteiger partial charge in [0.1, 0.15) is 0 Å². The molecule has 0 amide bonds. The van der Waals surface area contributed by atoms with Crippen molar-refractivity contribution in [3.63, 3.8) is 0 Å². The van der Waals surface area contributed by atoms with Crippen LogP contribution in [-0.4, -0.2) is 17.1 Å². The Hall–Kier alpha value is -2.60. The quantitative estimate of drug-likeness (QED) is 0.542. The average molecular weight is 339 g/mol. The number of thiazole rings is 1. The highest BCUT2D eigenvalue weighted by molar-refractivity contribution is 7.16. The van der Waals surface area contributed by atoms with Gasteiger partial charge >= 0.3 is 0 Å². The molecule has 2 heterocycles. The van der Waals surface area contributed by atoms with Crippen LogP contribution in [0.15, 0.2) is 52.7 Å². The van der Waals surface area contributed by atoms with E-state index in [1.807, 2.05) is 44.3 Å². The Morgan fingerprint density at radius 1 is 1.17 bits per heavy atom. The monoisotopic (exact) mass is 339 g/mol. The number of hydrogen-bond acceptors (Lipinski definition) is 5. The Balaban J connectivity index is 1.59. The third-order valence-corrected chi connectivity index (χ3v) is 5.02. The zero-order chi connectivity index (χ0) is 16.5. The summed E-state index contributed by atoms with van der Waals surface area (Å²) in [7, 11) is 2.01. The van der Waals surface area contributed by atoms with Gasteiger partial charge in [-0.05, 0) is 36.8 Å². The van der Waals surface area contributed by atoms with Gasteiger partial charge in [0, 0.05) is 19.2 Å². The van der Waals surface area contributed by atoms with Crippen LogP contribution in [0.4, 0.5) is 0 Å². The summed E-state index contributed by atoms with van der Waals surface area (Å²) in [6.07, 6.45) is 0.731. The van der Waals surface area contributed by atoms with Gasteiger partial charge in [0.2, 0.25) is 11.6 Å². The molecule has 4 rings (SSSR count). The molecule has 0 N–H and O–H groups in total. The van der Waals surface area contributed by atoms with E-state index in [4.69, 9.17) is 9.47 Å². The van der Waals surface area contributed by atoms with Gasteiger partial charge in [-0.3, -0.25) is 0 Å². The second-order valence-corrected chi connectivity index (χ2v) is 6.72. The van der Waals surface area contributed by atoms with E-state index < -0.39 is 0 Å². The zero-order valence-corrected chi connectivity index (χ0v) is 14.3. The van der Waals surface area contributed by atoms with Gasteiger partial charge in [-0.1, -0.05) is 29.5 Å². The topological polar surface area (TPSA) is 48.1 Å². The predicted molar refractivity (Wildman–Crippen MR) is 95.7 cm³/mol. The number of aryl methyl sites for hydroxylation is 1. The summed E-state index contributed by atoms with van der Waals surface area (Å²) in [6, 6.07) is 14.2. The first kappa shape index (κ1) is 15.0. The molecule has 0 unspecified atom stereocenters. The second-order valence-electron chi connectivity index (χ2n) is 5.71. The largest absolute Gasteiger partial charge is 0.454 e. The van der Waals surface area contributed by atoms with Crippen molar-refractivity contribution >= 4 is 27.3 Å². The lowest BCUT2D eigenvalue weighted by atomic mass is 10.1. The molecule has 2 aromatic carbocycles. The van der Waals surface area contributed by atoms with Crippen LogP contribution in [0.5, 0.6) is 11.5 Å². The molecule has 0 aliphatic carbocycles. The van der Waals surface area contributed by atoms with Crippen molar-refractivity contribution in [2.24, 2.45) is 17.3 Å². The average Bonchev–Trinajstić information content (AvgIpc) is 3.17. The zero-order valence-electron chi connectivity index (χ0n) is 13.5. The molecular formula is C18H17N3O2S. The summed E-state index contributed by atoms with van der Waals surface area (Å²) in [4.78, 5) is 0.890. The molecule has 0 radical (unpaired) electrons. The van der Waals surface area contributed by atoms with Gasteiger partial charge in [0.05, 0.1) is 10.2 Å². The second kappa shape index (κ2) is 6.13. The van der Waals surface area contributed by atoms with Gasteiger partial charge in [0.15, 0.2) is 11.5 Å². The summed E-state index contributed by atoms with van der Waals surface area (Å²) in [5.74, 6) is 1.60. The van der Waals surface area contributed by atoms with Crippen molar-refractivity contribution in [2.45, 2.75) is 13.3 Å². The number of fused-ring (bicyclic) bond motifs is 2. The molecule has 24 heavy (non-hydrogen) atoms. The molecule has 5 nitrogen and oxygen atoms in total. The Kier molecular flexibility index (Phi) is 3.82. The lowest BCUT2D eigenvalue weighted by Gasteiger charge is -2.01. The van der Waals surface area contributed by atoms with Crippen molar-refractivity contribution in [1.29, 1.82) is 0 Å². The SMILES string of the molecule is C/C(Cc1ccc2c(c1)OCO2)=N/N=c1/sc2ccccc2n1C. The van der Waals surface area contributed by atoms with E-state index in [1.54, 1.807) is 11.3 Å². The van der Waals surface area contributed by atoms with Crippen molar-refractivity contribution in [3.8, 4) is 11.5 Å². The summed E-state index contributed by atoms with van der Waals surface area (Å²) >= 11 is 1.64. The number of rotatable bonds is 3. The van der Waals surface area contributed by atoms with Crippen molar-refractivity contribution < 1.29 is 9.47 Å². The maximum absolute atomic E-state index is 5.41. The van der Waals surface area contributed by atoms with Crippen LogP contribution in [0.2, 0.25) is 0 Å². The number of ether oxygens (including phenoxy) is 2. The Bertz CT molecular complexity index is 1000. The van der Waals surface area contributed by atoms with E-state index in [-0.39, 0.29) is 0 Å². The lowest BCUT2D eigenvalue weighted by Crippen LogP contribution is -2.09. The molecule has 122 valence electrons. The number of aromatic nitrogens is 1. The molecule has 0 fully saturated rings. The van der Waals surface area contributed by atoms with Crippen LogP contribution < -0.4 is 14.3 Å². The fourth-order valence-corrected chi connectivity index (χ4v) is 3.66.